The van der Waals surface area contributed by atoms with Crippen LogP contribution in [0.2, 0.25) is 0 Å². The van der Waals surface area contributed by atoms with Gasteiger partial charge in [0, 0.05) is 10.9 Å². The highest BCUT2D eigenvalue weighted by atomic mass is 79.9. The molecule has 0 saturated carbocycles. The van der Waals surface area contributed by atoms with Gasteiger partial charge in [-0.25, -0.2) is 4.79 Å². The first-order chi connectivity index (χ1) is 6.18. The van der Waals surface area contributed by atoms with Crippen LogP contribution in [0, 0.1) is 0 Å². The van der Waals surface area contributed by atoms with Crippen LogP contribution < -0.4 is 5.73 Å². The summed E-state index contributed by atoms with van der Waals surface area (Å²) in [5.41, 5.74) is 5.92. The van der Waals surface area contributed by atoms with Gasteiger partial charge in [-0.2, -0.15) is 0 Å². The Hall–Kier alpha value is -1.03. The molecule has 3 nitrogen and oxygen atoms in total. The van der Waals surface area contributed by atoms with Crippen molar-refractivity contribution >= 4 is 22.0 Å². The van der Waals surface area contributed by atoms with Gasteiger partial charge in [-0.15, -0.1) is 0 Å². The molecule has 0 aliphatic carbocycles. The monoisotopic (exact) mass is 243 g/mol. The number of carbonyl (C=O) groups is 1. The van der Waals surface area contributed by atoms with E-state index in [2.05, 4.69) is 20.7 Å². The van der Waals surface area contributed by atoms with Gasteiger partial charge in [0.15, 0.2) is 0 Å². The molecule has 13 heavy (non-hydrogen) atoms. The molecule has 0 radical (unpaired) electrons. The van der Waals surface area contributed by atoms with Crippen LogP contribution in [0.4, 0.5) is 4.79 Å². The van der Waals surface area contributed by atoms with Gasteiger partial charge in [-0.3, -0.25) is 0 Å². The quantitative estimate of drug-likeness (QED) is 0.884. The van der Waals surface area contributed by atoms with Crippen molar-refractivity contribution in [1.29, 1.82) is 0 Å². The lowest BCUT2D eigenvalue weighted by atomic mass is 10.2. The predicted molar refractivity (Wildman–Crippen MR) is 53.4 cm³/mol. The smallest absolute Gasteiger partial charge is 0.404 e. The SMILES string of the molecule is NC(=O)OCCc1cccc(Br)c1. The van der Waals surface area contributed by atoms with E-state index in [0.717, 1.165) is 10.0 Å². The van der Waals surface area contributed by atoms with Crippen LogP contribution in [0.25, 0.3) is 0 Å². The molecule has 0 unspecified atom stereocenters. The van der Waals surface area contributed by atoms with Crippen molar-refractivity contribution in [3.8, 4) is 0 Å². The van der Waals surface area contributed by atoms with Crippen LogP contribution >= 0.6 is 15.9 Å². The molecule has 0 aliphatic heterocycles. The zero-order valence-corrected chi connectivity index (χ0v) is 8.58. The van der Waals surface area contributed by atoms with E-state index in [0.29, 0.717) is 13.0 Å². The molecule has 0 saturated heterocycles. The third-order valence-corrected chi connectivity index (χ3v) is 2.02. The fraction of sp³-hybridized carbons (Fsp3) is 0.222. The zero-order valence-electron chi connectivity index (χ0n) is 7.00. The Balaban J connectivity index is 2.41. The Kier molecular flexibility index (Phi) is 3.76. The van der Waals surface area contributed by atoms with E-state index in [4.69, 9.17) is 5.73 Å². The summed E-state index contributed by atoms with van der Waals surface area (Å²) in [7, 11) is 0. The van der Waals surface area contributed by atoms with Crippen LogP contribution in [0.1, 0.15) is 5.56 Å². The van der Waals surface area contributed by atoms with E-state index in [1.54, 1.807) is 0 Å². The number of benzene rings is 1. The van der Waals surface area contributed by atoms with E-state index in [1.807, 2.05) is 24.3 Å². The number of halogens is 1. The van der Waals surface area contributed by atoms with E-state index in [-0.39, 0.29) is 0 Å². The molecule has 0 aromatic heterocycles. The molecule has 2 N–H and O–H groups in total. The van der Waals surface area contributed by atoms with Crippen molar-refractivity contribution in [3.63, 3.8) is 0 Å². The normalized spacial score (nSPS) is 9.62. The number of hydrogen-bond acceptors (Lipinski definition) is 2. The van der Waals surface area contributed by atoms with Crippen molar-refractivity contribution in [2.75, 3.05) is 6.61 Å². The van der Waals surface area contributed by atoms with E-state index in [9.17, 15) is 4.79 Å². The topological polar surface area (TPSA) is 52.3 Å². The highest BCUT2D eigenvalue weighted by Gasteiger charge is 1.96. The third kappa shape index (κ3) is 3.94. The Morgan fingerprint density at radius 1 is 1.54 bits per heavy atom. The van der Waals surface area contributed by atoms with E-state index in [1.165, 1.54) is 0 Å². The predicted octanol–water partition coefficient (Wildman–Crippen LogP) is 2.09. The average Bonchev–Trinajstić information content (AvgIpc) is 2.03. The van der Waals surface area contributed by atoms with Crippen LogP contribution in [-0.4, -0.2) is 12.7 Å². The first-order valence-corrected chi connectivity index (χ1v) is 4.64. The number of rotatable bonds is 3. The van der Waals surface area contributed by atoms with Crippen molar-refractivity contribution in [3.05, 3.63) is 34.3 Å². The number of amides is 1. The lowest BCUT2D eigenvalue weighted by Gasteiger charge is -2.01. The number of ether oxygens (including phenoxy) is 1. The van der Waals surface area contributed by atoms with Crippen LogP contribution in [-0.2, 0) is 11.2 Å². The summed E-state index contributed by atoms with van der Waals surface area (Å²) in [5, 5.41) is 0. The minimum absolute atomic E-state index is 0.325. The second-order valence-corrected chi connectivity index (χ2v) is 3.46. The molecular weight excluding hydrogens is 234 g/mol. The molecule has 1 amide bonds. The summed E-state index contributed by atoms with van der Waals surface area (Å²) >= 11 is 3.35. The van der Waals surface area contributed by atoms with Crippen molar-refractivity contribution in [2.24, 2.45) is 5.73 Å². The highest BCUT2D eigenvalue weighted by molar-refractivity contribution is 9.10. The van der Waals surface area contributed by atoms with Crippen molar-refractivity contribution in [1.82, 2.24) is 0 Å². The molecule has 70 valence electrons. The number of hydrogen-bond donors (Lipinski definition) is 1. The molecule has 0 spiro atoms. The summed E-state index contributed by atoms with van der Waals surface area (Å²) < 4.78 is 5.63. The molecular formula is C9H10BrNO2. The number of carbonyl (C=O) groups excluding carboxylic acids is 1. The Bertz CT molecular complexity index is 301. The number of nitrogens with two attached hydrogens (primary N) is 1. The molecule has 0 atom stereocenters. The summed E-state index contributed by atoms with van der Waals surface area (Å²) in [4.78, 5) is 10.2. The highest BCUT2D eigenvalue weighted by Crippen LogP contribution is 2.11. The Morgan fingerprint density at radius 2 is 2.31 bits per heavy atom. The molecule has 0 fully saturated rings. The van der Waals surface area contributed by atoms with Crippen molar-refractivity contribution in [2.45, 2.75) is 6.42 Å². The van der Waals surface area contributed by atoms with Gasteiger partial charge >= 0.3 is 6.09 Å². The van der Waals surface area contributed by atoms with Crippen molar-refractivity contribution < 1.29 is 9.53 Å². The Morgan fingerprint density at radius 3 is 2.92 bits per heavy atom. The molecule has 0 aliphatic rings. The standard InChI is InChI=1S/C9H10BrNO2/c10-8-3-1-2-7(6-8)4-5-13-9(11)12/h1-3,6H,4-5H2,(H2,11,12). The zero-order chi connectivity index (χ0) is 9.68. The van der Waals surface area contributed by atoms with Gasteiger partial charge in [-0.05, 0) is 17.7 Å². The molecule has 0 heterocycles. The van der Waals surface area contributed by atoms with Gasteiger partial charge in [-0.1, -0.05) is 28.1 Å². The second-order valence-electron chi connectivity index (χ2n) is 2.55. The lowest BCUT2D eigenvalue weighted by Crippen LogP contribution is -2.14. The Labute approximate surface area is 85.0 Å². The van der Waals surface area contributed by atoms with Gasteiger partial charge in [0.05, 0.1) is 6.61 Å². The average molecular weight is 244 g/mol. The van der Waals surface area contributed by atoms with Gasteiger partial charge < -0.3 is 10.5 Å². The fourth-order valence-corrected chi connectivity index (χ4v) is 1.41. The second kappa shape index (κ2) is 4.87. The minimum atomic E-state index is -0.727. The lowest BCUT2D eigenvalue weighted by molar-refractivity contribution is 0.158. The maximum absolute atomic E-state index is 10.2. The first kappa shape index (κ1) is 10.1. The molecule has 1 aromatic rings. The number of primary amides is 1. The molecule has 1 aromatic carbocycles. The minimum Gasteiger partial charge on any atom is -0.449 e. The van der Waals surface area contributed by atoms with Crippen LogP contribution in [0.5, 0.6) is 0 Å². The van der Waals surface area contributed by atoms with Crippen LogP contribution in [0.3, 0.4) is 0 Å². The third-order valence-electron chi connectivity index (χ3n) is 1.52. The largest absolute Gasteiger partial charge is 0.449 e. The first-order valence-electron chi connectivity index (χ1n) is 3.85. The van der Waals surface area contributed by atoms with Gasteiger partial charge in [0.1, 0.15) is 0 Å². The van der Waals surface area contributed by atoms with E-state index < -0.39 is 6.09 Å². The molecule has 0 bridgehead atoms. The molecule has 4 heteroatoms. The fourth-order valence-electron chi connectivity index (χ4n) is 0.962. The van der Waals surface area contributed by atoms with E-state index >= 15 is 0 Å². The summed E-state index contributed by atoms with van der Waals surface area (Å²) in [6.07, 6.45) is -0.0439. The maximum atomic E-state index is 10.2. The summed E-state index contributed by atoms with van der Waals surface area (Å²) in [5.74, 6) is 0. The van der Waals surface area contributed by atoms with Gasteiger partial charge in [0.25, 0.3) is 0 Å². The summed E-state index contributed by atoms with van der Waals surface area (Å²) in [6, 6.07) is 7.82. The van der Waals surface area contributed by atoms with Gasteiger partial charge in [0.2, 0.25) is 0 Å². The van der Waals surface area contributed by atoms with Crippen LogP contribution in [0.15, 0.2) is 28.7 Å². The molecule has 1 rings (SSSR count). The summed E-state index contributed by atoms with van der Waals surface area (Å²) in [6.45, 7) is 0.325. The maximum Gasteiger partial charge on any atom is 0.404 e.